The van der Waals surface area contributed by atoms with Crippen molar-refractivity contribution < 1.29 is 19.1 Å². The highest BCUT2D eigenvalue weighted by Gasteiger charge is 2.42. The van der Waals surface area contributed by atoms with Crippen molar-refractivity contribution in [1.29, 1.82) is 0 Å². The van der Waals surface area contributed by atoms with E-state index in [4.69, 9.17) is 14.5 Å². The molecule has 2 aromatic carbocycles. The van der Waals surface area contributed by atoms with Gasteiger partial charge in [0.15, 0.2) is 5.17 Å². The molecule has 0 aliphatic carbocycles. The maximum Gasteiger partial charge on any atom is 0.338 e. The maximum absolute atomic E-state index is 13.5. The molecule has 8 heteroatoms. The number of rotatable bonds is 6. The van der Waals surface area contributed by atoms with Crippen LogP contribution in [0.5, 0.6) is 5.75 Å². The van der Waals surface area contributed by atoms with E-state index in [1.165, 1.54) is 30.0 Å². The van der Waals surface area contributed by atoms with Gasteiger partial charge in [0.05, 0.1) is 38.0 Å². The Balaban J connectivity index is 1.47. The monoisotopic (exact) mass is 503 g/mol. The average Bonchev–Trinajstić information content (AvgIpc) is 3.33. The number of benzene rings is 2. The predicted octanol–water partition coefficient (Wildman–Crippen LogP) is 4.81. The van der Waals surface area contributed by atoms with Gasteiger partial charge in [0, 0.05) is 18.8 Å². The fourth-order valence-electron chi connectivity index (χ4n) is 5.01. The number of hydrogen-bond donors (Lipinski definition) is 0. The lowest BCUT2D eigenvalue weighted by atomic mass is 9.92. The zero-order chi connectivity index (χ0) is 25.2. The fourth-order valence-corrected chi connectivity index (χ4v) is 5.95. The molecular formula is C28H29N3O4S. The largest absolute Gasteiger partial charge is 0.497 e. The lowest BCUT2D eigenvalue weighted by Crippen LogP contribution is -2.40. The summed E-state index contributed by atoms with van der Waals surface area (Å²) in [6.45, 7) is 3.29. The summed E-state index contributed by atoms with van der Waals surface area (Å²) < 4.78 is 10.7. The normalized spacial score (nSPS) is 18.8. The molecule has 0 saturated heterocycles. The predicted molar refractivity (Wildman–Crippen MR) is 140 cm³/mol. The van der Waals surface area contributed by atoms with E-state index < -0.39 is 12.0 Å². The summed E-state index contributed by atoms with van der Waals surface area (Å²) in [7, 11) is 3.01. The van der Waals surface area contributed by atoms with Crippen LogP contribution in [-0.2, 0) is 27.3 Å². The van der Waals surface area contributed by atoms with Crippen LogP contribution >= 0.6 is 11.8 Å². The van der Waals surface area contributed by atoms with Crippen molar-refractivity contribution >= 4 is 28.8 Å². The first-order valence-electron chi connectivity index (χ1n) is 12.1. The number of amides is 1. The molecule has 0 spiro atoms. The number of esters is 1. The molecule has 1 unspecified atom stereocenters. The van der Waals surface area contributed by atoms with Crippen LogP contribution in [0.25, 0.3) is 0 Å². The third-order valence-electron chi connectivity index (χ3n) is 6.85. The quantitative estimate of drug-likeness (QED) is 0.527. The lowest BCUT2D eigenvalue weighted by Gasteiger charge is -2.37. The summed E-state index contributed by atoms with van der Waals surface area (Å²) in [6.07, 6.45) is 1.67. The molecule has 3 heterocycles. The van der Waals surface area contributed by atoms with Gasteiger partial charge in [-0.2, -0.15) is 0 Å². The van der Waals surface area contributed by atoms with Crippen LogP contribution in [0.4, 0.5) is 0 Å². The number of aliphatic imine (C=N–C) groups is 1. The van der Waals surface area contributed by atoms with E-state index in [2.05, 4.69) is 12.1 Å². The van der Waals surface area contributed by atoms with E-state index in [1.807, 2.05) is 58.5 Å². The van der Waals surface area contributed by atoms with Crippen LogP contribution in [0, 0.1) is 0 Å². The fraction of sp³-hybridized carbons (Fsp3) is 0.321. The molecule has 3 aliphatic rings. The van der Waals surface area contributed by atoms with Crippen LogP contribution < -0.4 is 4.74 Å². The molecule has 1 amide bonds. The number of ether oxygens (including phenoxy) is 2. The molecule has 7 nitrogen and oxygen atoms in total. The van der Waals surface area contributed by atoms with Crippen LogP contribution in [0.15, 0.2) is 75.9 Å². The summed E-state index contributed by atoms with van der Waals surface area (Å²) in [5, 5.41) is 2.74. The molecule has 0 saturated carbocycles. The first-order valence-corrected chi connectivity index (χ1v) is 13.0. The van der Waals surface area contributed by atoms with Crippen molar-refractivity contribution in [2.45, 2.75) is 38.8 Å². The van der Waals surface area contributed by atoms with Gasteiger partial charge in [-0.3, -0.25) is 4.79 Å². The number of hydrogen-bond acceptors (Lipinski definition) is 7. The van der Waals surface area contributed by atoms with E-state index in [-0.39, 0.29) is 12.3 Å². The average molecular weight is 504 g/mol. The first kappa shape index (κ1) is 24.2. The minimum atomic E-state index is -0.467. The van der Waals surface area contributed by atoms with Crippen LogP contribution in [0.1, 0.15) is 42.5 Å². The number of methoxy groups -OCH3 is 2. The van der Waals surface area contributed by atoms with Gasteiger partial charge in [-0.1, -0.05) is 55.1 Å². The summed E-state index contributed by atoms with van der Waals surface area (Å²) in [6, 6.07) is 15.5. The van der Waals surface area contributed by atoms with Gasteiger partial charge >= 0.3 is 5.97 Å². The Labute approximate surface area is 215 Å². The number of nitrogens with zero attached hydrogens (tertiary/aromatic N) is 3. The van der Waals surface area contributed by atoms with Gasteiger partial charge < -0.3 is 19.3 Å². The van der Waals surface area contributed by atoms with Crippen molar-refractivity contribution in [2.75, 3.05) is 20.8 Å². The third-order valence-corrected chi connectivity index (χ3v) is 7.74. The standard InChI is InChI=1S/C28H29N3O4S/c1-4-23-25(27(33)35-3)26(19-10-7-11-22(14-19)34-2)31-21(17-36-28(31)29-23)15-24(32)30-13-12-18-8-5-6-9-20(18)16-30/h5-11,14,17,26H,4,12-13,15-16H2,1-3H3. The molecule has 0 radical (unpaired) electrons. The molecule has 0 aromatic heterocycles. The highest BCUT2D eigenvalue weighted by molar-refractivity contribution is 8.16. The van der Waals surface area contributed by atoms with E-state index in [9.17, 15) is 9.59 Å². The van der Waals surface area contributed by atoms with Crippen molar-refractivity contribution in [3.8, 4) is 5.75 Å². The van der Waals surface area contributed by atoms with Crippen molar-refractivity contribution in [2.24, 2.45) is 4.99 Å². The Morgan fingerprint density at radius 2 is 1.92 bits per heavy atom. The molecular weight excluding hydrogens is 474 g/mol. The zero-order valence-electron chi connectivity index (χ0n) is 20.7. The molecule has 5 rings (SSSR count). The summed E-state index contributed by atoms with van der Waals surface area (Å²) in [5.74, 6) is 0.337. The smallest absolute Gasteiger partial charge is 0.338 e. The Bertz CT molecular complexity index is 1300. The number of allylic oxidation sites excluding steroid dienone is 1. The molecule has 3 aliphatic heterocycles. The van der Waals surface area contributed by atoms with Crippen LogP contribution in [0.2, 0.25) is 0 Å². The highest BCUT2D eigenvalue weighted by Crippen LogP contribution is 2.46. The molecule has 0 bridgehead atoms. The third kappa shape index (κ3) is 4.41. The van der Waals surface area contributed by atoms with Gasteiger partial charge in [-0.15, -0.1) is 0 Å². The Morgan fingerprint density at radius 1 is 1.11 bits per heavy atom. The Hall–Kier alpha value is -3.52. The second kappa shape index (κ2) is 10.2. The maximum atomic E-state index is 13.5. The topological polar surface area (TPSA) is 71.4 Å². The highest BCUT2D eigenvalue weighted by atomic mass is 32.2. The molecule has 0 fully saturated rings. The minimum absolute atomic E-state index is 0.0619. The number of thioether (sulfide) groups is 1. The van der Waals surface area contributed by atoms with E-state index in [0.29, 0.717) is 36.5 Å². The van der Waals surface area contributed by atoms with Crippen LogP contribution in [0.3, 0.4) is 0 Å². The number of carbonyl (C=O) groups is 2. The second-order valence-corrected chi connectivity index (χ2v) is 9.72. The van der Waals surface area contributed by atoms with Crippen molar-refractivity contribution in [1.82, 2.24) is 9.80 Å². The molecule has 1 atom stereocenters. The van der Waals surface area contributed by atoms with Crippen LogP contribution in [-0.4, -0.2) is 47.6 Å². The second-order valence-electron chi connectivity index (χ2n) is 8.89. The van der Waals surface area contributed by atoms with E-state index in [1.54, 1.807) is 7.11 Å². The zero-order valence-corrected chi connectivity index (χ0v) is 21.5. The van der Waals surface area contributed by atoms with Crippen molar-refractivity contribution in [3.05, 3.63) is 87.6 Å². The van der Waals surface area contributed by atoms with Gasteiger partial charge in [0.25, 0.3) is 0 Å². The van der Waals surface area contributed by atoms with E-state index >= 15 is 0 Å². The molecule has 0 N–H and O–H groups in total. The minimum Gasteiger partial charge on any atom is -0.497 e. The Morgan fingerprint density at radius 3 is 2.67 bits per heavy atom. The molecule has 36 heavy (non-hydrogen) atoms. The number of fused-ring (bicyclic) bond motifs is 2. The summed E-state index contributed by atoms with van der Waals surface area (Å²) >= 11 is 1.49. The van der Waals surface area contributed by atoms with Gasteiger partial charge in [-0.05, 0) is 47.1 Å². The Kier molecular flexibility index (Phi) is 6.87. The summed E-state index contributed by atoms with van der Waals surface area (Å²) in [4.78, 5) is 35.2. The number of amidine groups is 1. The lowest BCUT2D eigenvalue weighted by molar-refractivity contribution is -0.136. The SMILES string of the molecule is CCC1=C(C(=O)OC)C(c2cccc(OC)c2)N2C(CC(=O)N3CCc4ccccc4C3)=CSC2=N1. The summed E-state index contributed by atoms with van der Waals surface area (Å²) in [5.41, 5.74) is 5.39. The first-order chi connectivity index (χ1) is 17.5. The van der Waals surface area contributed by atoms with E-state index in [0.717, 1.165) is 22.8 Å². The molecule has 186 valence electrons. The van der Waals surface area contributed by atoms with Gasteiger partial charge in [0.1, 0.15) is 5.75 Å². The number of carbonyl (C=O) groups excluding carboxylic acids is 2. The van der Waals surface area contributed by atoms with Crippen molar-refractivity contribution in [3.63, 3.8) is 0 Å². The molecule has 2 aromatic rings. The van der Waals surface area contributed by atoms with Gasteiger partial charge in [0.2, 0.25) is 5.91 Å². The van der Waals surface area contributed by atoms with Gasteiger partial charge in [-0.25, -0.2) is 9.79 Å².